The van der Waals surface area contributed by atoms with Gasteiger partial charge in [0.15, 0.2) is 5.96 Å². The van der Waals surface area contributed by atoms with E-state index in [4.69, 9.17) is 5.73 Å². The lowest BCUT2D eigenvalue weighted by Gasteiger charge is -2.07. The molecule has 4 nitrogen and oxygen atoms in total. The van der Waals surface area contributed by atoms with Crippen LogP contribution in [-0.2, 0) is 6.42 Å². The van der Waals surface area contributed by atoms with Crippen LogP contribution in [0.15, 0.2) is 28.6 Å². The molecule has 1 heterocycles. The number of aliphatic imine (C=N–C) groups is 1. The highest BCUT2D eigenvalue weighted by Gasteiger charge is 2.05. The second-order valence-corrected chi connectivity index (χ2v) is 6.66. The first-order chi connectivity index (χ1) is 10.5. The van der Waals surface area contributed by atoms with Gasteiger partial charge in [0.2, 0.25) is 0 Å². The number of thiazole rings is 1. The molecule has 1 aromatic heterocycles. The largest absolute Gasteiger partial charge is 0.370 e. The number of aryl methyl sites for hydroxylation is 2. The summed E-state index contributed by atoms with van der Waals surface area (Å²) in [6.07, 6.45) is 0.818. The molecule has 0 spiro atoms. The molecule has 23 heavy (non-hydrogen) atoms. The molecule has 1 aromatic carbocycles. The second-order valence-electron chi connectivity index (χ2n) is 5.77. The van der Waals surface area contributed by atoms with Gasteiger partial charge in [-0.1, -0.05) is 19.9 Å². The third kappa shape index (κ3) is 6.10. The summed E-state index contributed by atoms with van der Waals surface area (Å²) in [7, 11) is 0. The van der Waals surface area contributed by atoms with Crippen molar-refractivity contribution in [3.05, 3.63) is 45.4 Å². The van der Waals surface area contributed by atoms with E-state index in [1.54, 1.807) is 11.3 Å². The van der Waals surface area contributed by atoms with Crippen LogP contribution in [0.3, 0.4) is 0 Å². The van der Waals surface area contributed by atoms with E-state index in [-0.39, 0.29) is 24.0 Å². The zero-order valence-electron chi connectivity index (χ0n) is 14.1. The number of hydrogen-bond donors (Lipinski definition) is 2. The monoisotopic (exact) mass is 444 g/mol. The molecular weight excluding hydrogens is 419 g/mol. The Hall–Kier alpha value is -1.15. The van der Waals surface area contributed by atoms with Crippen LogP contribution in [0.5, 0.6) is 0 Å². The lowest BCUT2D eigenvalue weighted by molar-refractivity contribution is 0.831. The molecule has 0 unspecified atom stereocenters. The van der Waals surface area contributed by atoms with E-state index in [0.29, 0.717) is 18.4 Å². The maximum absolute atomic E-state index is 5.93. The van der Waals surface area contributed by atoms with Gasteiger partial charge in [-0.2, -0.15) is 0 Å². The van der Waals surface area contributed by atoms with Gasteiger partial charge in [0.1, 0.15) is 0 Å². The number of nitrogens with two attached hydrogens (primary N) is 1. The van der Waals surface area contributed by atoms with Gasteiger partial charge < -0.3 is 11.1 Å². The average Bonchev–Trinajstić information content (AvgIpc) is 2.92. The molecule has 3 N–H and O–H groups in total. The molecule has 6 heteroatoms. The smallest absolute Gasteiger partial charge is 0.193 e. The van der Waals surface area contributed by atoms with E-state index in [2.05, 4.69) is 60.5 Å². The molecule has 0 bridgehead atoms. The molecule has 0 fully saturated rings. The minimum absolute atomic E-state index is 0. The summed E-state index contributed by atoms with van der Waals surface area (Å²) < 4.78 is 0. The van der Waals surface area contributed by atoms with E-state index in [9.17, 15) is 0 Å². The van der Waals surface area contributed by atoms with Crippen molar-refractivity contribution in [1.82, 2.24) is 4.98 Å². The van der Waals surface area contributed by atoms with Crippen LogP contribution in [0.1, 0.15) is 41.6 Å². The first-order valence-corrected chi connectivity index (χ1v) is 8.42. The van der Waals surface area contributed by atoms with Crippen molar-refractivity contribution >= 4 is 47.0 Å². The number of hydrogen-bond acceptors (Lipinski definition) is 3. The predicted molar refractivity (Wildman–Crippen MR) is 111 cm³/mol. The first kappa shape index (κ1) is 19.9. The van der Waals surface area contributed by atoms with Crippen molar-refractivity contribution in [3.63, 3.8) is 0 Å². The number of guanidine groups is 1. The summed E-state index contributed by atoms with van der Waals surface area (Å²) in [5.41, 5.74) is 10.5. The van der Waals surface area contributed by atoms with Crippen LogP contribution in [0.2, 0.25) is 0 Å². The van der Waals surface area contributed by atoms with E-state index in [0.717, 1.165) is 17.8 Å². The summed E-state index contributed by atoms with van der Waals surface area (Å²) in [5.74, 6) is 0.932. The fourth-order valence-electron chi connectivity index (χ4n) is 2.00. The molecule has 126 valence electrons. The Bertz CT molecular complexity index is 664. The number of halogens is 1. The predicted octanol–water partition coefficient (Wildman–Crippen LogP) is 4.47. The summed E-state index contributed by atoms with van der Waals surface area (Å²) in [6.45, 7) is 9.14. The van der Waals surface area contributed by atoms with Gasteiger partial charge in [0, 0.05) is 30.0 Å². The van der Waals surface area contributed by atoms with Gasteiger partial charge in [-0.15, -0.1) is 35.3 Å². The Balaban J connectivity index is 0.00000264. The molecule has 0 saturated heterocycles. The van der Waals surface area contributed by atoms with Gasteiger partial charge in [-0.25, -0.2) is 4.98 Å². The lowest BCUT2D eigenvalue weighted by Crippen LogP contribution is -2.23. The summed E-state index contributed by atoms with van der Waals surface area (Å²) in [5, 5.41) is 6.42. The number of nitrogens with one attached hydrogen (secondary N) is 1. The summed E-state index contributed by atoms with van der Waals surface area (Å²) in [6, 6.07) is 6.17. The topological polar surface area (TPSA) is 63.3 Å². The molecular formula is C17H25IN4S. The van der Waals surface area contributed by atoms with Crippen LogP contribution in [0.4, 0.5) is 5.69 Å². The number of aromatic nitrogens is 1. The zero-order valence-corrected chi connectivity index (χ0v) is 17.2. The fraction of sp³-hybridized carbons (Fsp3) is 0.412. The van der Waals surface area contributed by atoms with Crippen molar-refractivity contribution in [1.29, 1.82) is 0 Å². The molecule has 0 amide bonds. The highest BCUT2D eigenvalue weighted by atomic mass is 127. The summed E-state index contributed by atoms with van der Waals surface area (Å²) in [4.78, 5) is 8.97. The SMILES string of the molecule is Cc1ccc(NC(N)=NCCc2csc(C(C)C)n2)cc1C.I. The van der Waals surface area contributed by atoms with E-state index < -0.39 is 0 Å². The minimum atomic E-state index is 0. The molecule has 0 aliphatic heterocycles. The highest BCUT2D eigenvalue weighted by molar-refractivity contribution is 14.0. The van der Waals surface area contributed by atoms with Crippen LogP contribution in [0.25, 0.3) is 0 Å². The van der Waals surface area contributed by atoms with Crippen molar-refractivity contribution in [3.8, 4) is 0 Å². The minimum Gasteiger partial charge on any atom is -0.370 e. The Morgan fingerprint density at radius 1 is 1.30 bits per heavy atom. The van der Waals surface area contributed by atoms with Crippen molar-refractivity contribution in [2.24, 2.45) is 10.7 Å². The van der Waals surface area contributed by atoms with Gasteiger partial charge in [-0.3, -0.25) is 4.99 Å². The van der Waals surface area contributed by atoms with E-state index in [1.165, 1.54) is 16.1 Å². The second kappa shape index (κ2) is 9.22. The quantitative estimate of drug-likeness (QED) is 0.406. The molecule has 0 saturated carbocycles. The van der Waals surface area contributed by atoms with Crippen molar-refractivity contribution in [2.75, 3.05) is 11.9 Å². The number of anilines is 1. The molecule has 2 rings (SSSR count). The average molecular weight is 444 g/mol. The highest BCUT2D eigenvalue weighted by Crippen LogP contribution is 2.19. The van der Waals surface area contributed by atoms with Crippen LogP contribution in [0, 0.1) is 13.8 Å². The Morgan fingerprint density at radius 3 is 2.65 bits per heavy atom. The maximum atomic E-state index is 5.93. The van der Waals surface area contributed by atoms with Crippen molar-refractivity contribution < 1.29 is 0 Å². The third-order valence-electron chi connectivity index (χ3n) is 3.49. The normalized spacial score (nSPS) is 11.4. The van der Waals surface area contributed by atoms with Crippen molar-refractivity contribution in [2.45, 2.75) is 40.0 Å². The molecule has 0 radical (unpaired) electrons. The van der Waals surface area contributed by atoms with E-state index >= 15 is 0 Å². The standard InChI is InChI=1S/C17H24N4S.HI/c1-11(2)16-20-15(10-22-16)7-8-19-17(18)21-14-6-5-12(3)13(4)9-14;/h5-6,9-11H,7-8H2,1-4H3,(H3,18,19,21);1H. The number of benzene rings is 1. The first-order valence-electron chi connectivity index (χ1n) is 7.54. The Morgan fingerprint density at radius 2 is 2.04 bits per heavy atom. The third-order valence-corrected chi connectivity index (χ3v) is 4.69. The number of rotatable bonds is 5. The van der Waals surface area contributed by atoms with Gasteiger partial charge in [0.05, 0.1) is 10.7 Å². The van der Waals surface area contributed by atoms with Gasteiger partial charge >= 0.3 is 0 Å². The zero-order chi connectivity index (χ0) is 16.1. The van der Waals surface area contributed by atoms with Gasteiger partial charge in [0.25, 0.3) is 0 Å². The Kier molecular flexibility index (Phi) is 7.98. The fourth-order valence-corrected chi connectivity index (χ4v) is 2.87. The number of nitrogens with zero attached hydrogens (tertiary/aromatic N) is 2. The van der Waals surface area contributed by atoms with Gasteiger partial charge in [-0.05, 0) is 37.1 Å². The molecule has 0 aliphatic carbocycles. The van der Waals surface area contributed by atoms with Crippen LogP contribution < -0.4 is 11.1 Å². The Labute approximate surface area is 159 Å². The molecule has 0 atom stereocenters. The van der Waals surface area contributed by atoms with E-state index in [1.807, 2.05) is 6.07 Å². The molecule has 0 aliphatic rings. The maximum Gasteiger partial charge on any atom is 0.193 e. The lowest BCUT2D eigenvalue weighted by atomic mass is 10.1. The van der Waals surface area contributed by atoms with Crippen LogP contribution in [-0.4, -0.2) is 17.5 Å². The summed E-state index contributed by atoms with van der Waals surface area (Å²) >= 11 is 1.72. The molecule has 2 aromatic rings. The van der Waals surface area contributed by atoms with Crippen LogP contribution >= 0.6 is 35.3 Å².